The lowest BCUT2D eigenvalue weighted by Gasteiger charge is -2.39. The predicted octanol–water partition coefficient (Wildman–Crippen LogP) is 7.49. The van der Waals surface area contributed by atoms with E-state index in [0.717, 1.165) is 0 Å². The van der Waals surface area contributed by atoms with Gasteiger partial charge in [0.05, 0.1) is 22.7 Å². The first-order valence-corrected chi connectivity index (χ1v) is 10.4. The molecule has 0 N–H and O–H groups in total. The Morgan fingerprint density at radius 3 is 1.63 bits per heavy atom. The number of aryl methyl sites for hydroxylation is 2. The summed E-state index contributed by atoms with van der Waals surface area (Å²) in [4.78, 5) is 4.67. The molecule has 0 atom stereocenters. The van der Waals surface area contributed by atoms with Gasteiger partial charge in [0.1, 0.15) is 0 Å². The highest BCUT2D eigenvalue weighted by atomic mass is 15.2. The lowest BCUT2D eigenvalue weighted by molar-refractivity contribution is 1.10. The van der Waals surface area contributed by atoms with Crippen LogP contribution in [0.1, 0.15) is 11.1 Å². The molecule has 0 saturated heterocycles. The monoisotopic (exact) mass is 390 g/mol. The third kappa shape index (κ3) is 2.72. The van der Waals surface area contributed by atoms with E-state index < -0.39 is 0 Å². The number of nitrogens with zero attached hydrogens (tertiary/aromatic N) is 2. The van der Waals surface area contributed by atoms with E-state index in [0.29, 0.717) is 0 Å². The Hall–Kier alpha value is -3.52. The molecule has 0 aliphatic carbocycles. The van der Waals surface area contributed by atoms with Gasteiger partial charge in [0.15, 0.2) is 0 Å². The molecule has 0 unspecified atom stereocenters. The van der Waals surface area contributed by atoms with Gasteiger partial charge in [-0.3, -0.25) is 0 Å². The van der Waals surface area contributed by atoms with Crippen molar-refractivity contribution in [3.63, 3.8) is 0 Å². The summed E-state index contributed by atoms with van der Waals surface area (Å²) in [5, 5.41) is 0. The normalized spacial score (nSPS) is 12.5. The minimum Gasteiger partial charge on any atom is -0.341 e. The highest BCUT2D eigenvalue weighted by Gasteiger charge is 2.29. The van der Waals surface area contributed by atoms with Crippen LogP contribution in [0.15, 0.2) is 84.9 Å². The Morgan fingerprint density at radius 2 is 1.00 bits per heavy atom. The molecule has 1 aliphatic rings. The van der Waals surface area contributed by atoms with Gasteiger partial charge >= 0.3 is 0 Å². The highest BCUT2D eigenvalue weighted by molar-refractivity contribution is 6.05. The topological polar surface area (TPSA) is 6.48 Å². The van der Waals surface area contributed by atoms with Crippen molar-refractivity contribution >= 4 is 22.7 Å². The van der Waals surface area contributed by atoms with E-state index in [4.69, 9.17) is 0 Å². The lowest BCUT2D eigenvalue weighted by Crippen LogP contribution is -2.25. The van der Waals surface area contributed by atoms with Crippen LogP contribution in [0.4, 0.5) is 22.7 Å². The zero-order chi connectivity index (χ0) is 20.8. The number of fused-ring (bicyclic) bond motifs is 2. The van der Waals surface area contributed by atoms with Gasteiger partial charge in [-0.15, -0.1) is 0 Å². The van der Waals surface area contributed by atoms with Gasteiger partial charge in [-0.2, -0.15) is 0 Å². The Labute approximate surface area is 179 Å². The molecule has 0 radical (unpaired) electrons. The van der Waals surface area contributed by atoms with Crippen LogP contribution in [0.5, 0.6) is 0 Å². The number of anilines is 4. The maximum Gasteiger partial charge on any atom is 0.0735 e. The predicted molar refractivity (Wildman–Crippen MR) is 129 cm³/mol. The van der Waals surface area contributed by atoms with E-state index in [9.17, 15) is 0 Å². The molecule has 148 valence electrons. The van der Waals surface area contributed by atoms with Crippen LogP contribution in [-0.4, -0.2) is 14.1 Å². The van der Waals surface area contributed by atoms with Gasteiger partial charge in [0.25, 0.3) is 0 Å². The molecule has 0 aromatic heterocycles. The zero-order valence-electron chi connectivity index (χ0n) is 18.0. The molecule has 0 fully saturated rings. The van der Waals surface area contributed by atoms with Gasteiger partial charge in [-0.1, -0.05) is 66.7 Å². The van der Waals surface area contributed by atoms with E-state index in [1.54, 1.807) is 0 Å². The van der Waals surface area contributed by atoms with Crippen LogP contribution < -0.4 is 9.80 Å². The first-order chi connectivity index (χ1) is 14.6. The molecule has 0 spiro atoms. The summed E-state index contributed by atoms with van der Waals surface area (Å²) in [5.41, 5.74) is 12.7. The number of hydrogen-bond donors (Lipinski definition) is 0. The summed E-state index contributed by atoms with van der Waals surface area (Å²) in [5.74, 6) is 0. The average Bonchev–Trinajstić information content (AvgIpc) is 2.77. The van der Waals surface area contributed by atoms with E-state index in [-0.39, 0.29) is 0 Å². The minimum atomic E-state index is 1.23. The smallest absolute Gasteiger partial charge is 0.0735 e. The number of rotatable bonds is 2. The third-order valence-electron chi connectivity index (χ3n) is 6.31. The largest absolute Gasteiger partial charge is 0.341 e. The molecule has 2 heteroatoms. The van der Waals surface area contributed by atoms with Crippen molar-refractivity contribution in [2.24, 2.45) is 0 Å². The summed E-state index contributed by atoms with van der Waals surface area (Å²) in [6.45, 7) is 4.40. The van der Waals surface area contributed by atoms with Crippen LogP contribution >= 0.6 is 0 Å². The van der Waals surface area contributed by atoms with E-state index >= 15 is 0 Å². The molecule has 1 aliphatic heterocycles. The van der Waals surface area contributed by atoms with Crippen LogP contribution in [0.3, 0.4) is 0 Å². The maximum atomic E-state index is 2.36. The van der Waals surface area contributed by atoms with Gasteiger partial charge in [0, 0.05) is 19.7 Å². The summed E-state index contributed by atoms with van der Waals surface area (Å²) in [6.07, 6.45) is 0. The quantitative estimate of drug-likeness (QED) is 0.350. The van der Waals surface area contributed by atoms with Crippen LogP contribution in [0.25, 0.3) is 22.3 Å². The summed E-state index contributed by atoms with van der Waals surface area (Å²) >= 11 is 0. The fourth-order valence-electron chi connectivity index (χ4n) is 4.70. The van der Waals surface area contributed by atoms with Gasteiger partial charge in [0.2, 0.25) is 0 Å². The van der Waals surface area contributed by atoms with Crippen molar-refractivity contribution in [1.82, 2.24) is 0 Å². The van der Waals surface area contributed by atoms with Gasteiger partial charge in [-0.25, -0.2) is 0 Å². The molecule has 0 saturated carbocycles. The van der Waals surface area contributed by atoms with Crippen molar-refractivity contribution in [1.29, 1.82) is 0 Å². The Kier molecular flexibility index (Phi) is 4.36. The molecule has 1 heterocycles. The fourth-order valence-corrected chi connectivity index (χ4v) is 4.70. The second-order valence-electron chi connectivity index (χ2n) is 8.09. The lowest BCUT2D eigenvalue weighted by atomic mass is 9.87. The summed E-state index contributed by atoms with van der Waals surface area (Å²) in [6, 6.07) is 30.6. The molecule has 0 bridgehead atoms. The first-order valence-electron chi connectivity index (χ1n) is 10.4. The van der Waals surface area contributed by atoms with Crippen molar-refractivity contribution < 1.29 is 0 Å². The van der Waals surface area contributed by atoms with Crippen LogP contribution in [-0.2, 0) is 0 Å². The number of hydrogen-bond acceptors (Lipinski definition) is 2. The van der Waals surface area contributed by atoms with Crippen LogP contribution in [0, 0.1) is 13.8 Å². The van der Waals surface area contributed by atoms with Crippen molar-refractivity contribution in [2.75, 3.05) is 23.9 Å². The molecular weight excluding hydrogens is 364 g/mol. The molecular formula is C28H26N2. The van der Waals surface area contributed by atoms with Crippen molar-refractivity contribution in [3.05, 3.63) is 96.1 Å². The second-order valence-corrected chi connectivity index (χ2v) is 8.09. The Morgan fingerprint density at radius 1 is 0.467 bits per heavy atom. The van der Waals surface area contributed by atoms with Crippen molar-refractivity contribution in [3.8, 4) is 22.3 Å². The Bertz CT molecular complexity index is 1260. The summed E-state index contributed by atoms with van der Waals surface area (Å²) in [7, 11) is 4.35. The Balaban J connectivity index is 1.89. The molecule has 5 rings (SSSR count). The number of para-hydroxylation sites is 2. The van der Waals surface area contributed by atoms with E-state index in [2.05, 4.69) is 123 Å². The average molecular weight is 391 g/mol. The highest BCUT2D eigenvalue weighted by Crippen LogP contribution is 2.53. The summed E-state index contributed by atoms with van der Waals surface area (Å²) < 4.78 is 0. The molecule has 2 nitrogen and oxygen atoms in total. The first kappa shape index (κ1) is 18.5. The zero-order valence-corrected chi connectivity index (χ0v) is 18.0. The molecule has 4 aromatic carbocycles. The van der Waals surface area contributed by atoms with Gasteiger partial charge < -0.3 is 9.80 Å². The molecule has 30 heavy (non-hydrogen) atoms. The molecule has 4 aromatic rings. The fraction of sp³-hybridized carbons (Fsp3) is 0.143. The van der Waals surface area contributed by atoms with E-state index in [1.165, 1.54) is 56.1 Å². The van der Waals surface area contributed by atoms with E-state index in [1.807, 2.05) is 0 Å². The molecule has 0 amide bonds. The maximum absolute atomic E-state index is 2.36. The van der Waals surface area contributed by atoms with Gasteiger partial charge in [-0.05, 0) is 59.9 Å². The van der Waals surface area contributed by atoms with Crippen LogP contribution in [0.2, 0.25) is 0 Å². The third-order valence-corrected chi connectivity index (χ3v) is 6.31. The standard InChI is InChI=1S/C28H26N2/c1-19-11-5-7-13-21(19)23-17-18-26-28(27(23)22-14-8-6-12-20(22)2)30(4)25-16-10-9-15-24(25)29(26)3/h5-18H,1-4H3. The van der Waals surface area contributed by atoms with Crippen molar-refractivity contribution in [2.45, 2.75) is 13.8 Å². The SMILES string of the molecule is Cc1ccccc1-c1ccc2c(c1-c1ccccc1C)N(C)c1ccccc1N2C. The second kappa shape index (κ2) is 7.07. The minimum absolute atomic E-state index is 1.23. The number of benzene rings is 4.